The Bertz CT molecular complexity index is 351. The zero-order valence-electron chi connectivity index (χ0n) is 8.83. The molecule has 0 aromatic heterocycles. The van der Waals surface area contributed by atoms with Crippen LogP contribution in [-0.4, -0.2) is 17.3 Å². The molecule has 1 aromatic rings. The number of aliphatic hydroxyl groups excluding tert-OH is 1. The van der Waals surface area contributed by atoms with Crippen LogP contribution in [0.2, 0.25) is 0 Å². The van der Waals surface area contributed by atoms with Crippen molar-refractivity contribution in [1.29, 1.82) is 0 Å². The summed E-state index contributed by atoms with van der Waals surface area (Å²) >= 11 is 0. The molecule has 1 fully saturated rings. The van der Waals surface area contributed by atoms with Gasteiger partial charge in [0.2, 0.25) is 0 Å². The lowest BCUT2D eigenvalue weighted by molar-refractivity contribution is 0.206. The van der Waals surface area contributed by atoms with Crippen molar-refractivity contribution in [2.45, 2.75) is 25.3 Å². The molecule has 0 saturated heterocycles. The second-order valence-corrected chi connectivity index (χ2v) is 4.49. The quantitative estimate of drug-likeness (QED) is 0.798. The van der Waals surface area contributed by atoms with Crippen molar-refractivity contribution < 1.29 is 9.50 Å². The van der Waals surface area contributed by atoms with Gasteiger partial charge in [0.1, 0.15) is 5.82 Å². The third-order valence-corrected chi connectivity index (χ3v) is 3.06. The van der Waals surface area contributed by atoms with Crippen LogP contribution in [0.5, 0.6) is 0 Å². The molecule has 0 bridgehead atoms. The molecule has 3 heteroatoms. The van der Waals surface area contributed by atoms with Crippen LogP contribution < -0.4 is 5.32 Å². The first-order valence-electron chi connectivity index (χ1n) is 5.29. The number of aliphatic hydroxyl groups is 1. The maximum absolute atomic E-state index is 13.0. The number of rotatable bonds is 4. The van der Waals surface area contributed by atoms with Gasteiger partial charge in [-0.25, -0.2) is 4.39 Å². The molecule has 1 aliphatic rings. The van der Waals surface area contributed by atoms with Crippen molar-refractivity contribution in [3.63, 3.8) is 0 Å². The number of nitrogens with one attached hydrogen (secondary N) is 1. The van der Waals surface area contributed by atoms with Gasteiger partial charge in [0, 0.05) is 5.69 Å². The minimum absolute atomic E-state index is 0.0776. The number of halogens is 1. The van der Waals surface area contributed by atoms with Crippen molar-refractivity contribution in [2.24, 2.45) is 5.92 Å². The van der Waals surface area contributed by atoms with E-state index in [4.69, 9.17) is 0 Å². The van der Waals surface area contributed by atoms with Gasteiger partial charge in [0.25, 0.3) is 0 Å². The third-order valence-electron chi connectivity index (χ3n) is 3.06. The zero-order valence-corrected chi connectivity index (χ0v) is 8.83. The second-order valence-electron chi connectivity index (χ2n) is 4.49. The van der Waals surface area contributed by atoms with Gasteiger partial charge in [-0.3, -0.25) is 0 Å². The Balaban J connectivity index is 2.12. The van der Waals surface area contributed by atoms with Gasteiger partial charge in [-0.05, 0) is 43.9 Å². The molecular weight excluding hydrogens is 193 g/mol. The van der Waals surface area contributed by atoms with Gasteiger partial charge in [0.05, 0.1) is 12.1 Å². The summed E-state index contributed by atoms with van der Waals surface area (Å²) in [6.45, 7) is 2.06. The van der Waals surface area contributed by atoms with Crippen LogP contribution in [-0.2, 0) is 0 Å². The average molecular weight is 209 g/mol. The molecule has 2 rings (SSSR count). The highest BCUT2D eigenvalue weighted by Gasteiger charge is 2.41. The molecule has 1 unspecified atom stereocenters. The van der Waals surface area contributed by atoms with E-state index in [9.17, 15) is 9.50 Å². The Labute approximate surface area is 89.1 Å². The molecule has 1 atom stereocenters. The number of hydrogen-bond donors (Lipinski definition) is 2. The monoisotopic (exact) mass is 209 g/mol. The summed E-state index contributed by atoms with van der Waals surface area (Å²) in [7, 11) is 0. The fraction of sp³-hybridized carbons (Fsp3) is 0.500. The van der Waals surface area contributed by atoms with E-state index in [0.29, 0.717) is 5.92 Å². The van der Waals surface area contributed by atoms with E-state index in [1.165, 1.54) is 12.1 Å². The van der Waals surface area contributed by atoms with E-state index >= 15 is 0 Å². The fourth-order valence-electron chi connectivity index (χ4n) is 1.89. The maximum atomic E-state index is 13.0. The van der Waals surface area contributed by atoms with Crippen LogP contribution in [0, 0.1) is 11.7 Å². The van der Waals surface area contributed by atoms with Crippen molar-refractivity contribution in [3.05, 3.63) is 30.1 Å². The third kappa shape index (κ3) is 2.29. The van der Waals surface area contributed by atoms with Gasteiger partial charge in [-0.15, -0.1) is 0 Å². The number of hydrogen-bond acceptors (Lipinski definition) is 2. The molecule has 0 spiro atoms. The second kappa shape index (κ2) is 3.81. The SMILES string of the molecule is CC(CO)(Nc1cccc(F)c1)C1CC1. The minimum Gasteiger partial charge on any atom is -0.394 e. The first kappa shape index (κ1) is 10.4. The maximum Gasteiger partial charge on any atom is 0.125 e. The lowest BCUT2D eigenvalue weighted by atomic mass is 9.96. The summed E-state index contributed by atoms with van der Waals surface area (Å²) in [6, 6.07) is 6.36. The number of benzene rings is 1. The van der Waals surface area contributed by atoms with Crippen molar-refractivity contribution in [1.82, 2.24) is 0 Å². The summed E-state index contributed by atoms with van der Waals surface area (Å²) in [5, 5.41) is 12.6. The van der Waals surface area contributed by atoms with E-state index in [0.717, 1.165) is 18.5 Å². The van der Waals surface area contributed by atoms with Crippen molar-refractivity contribution in [2.75, 3.05) is 11.9 Å². The van der Waals surface area contributed by atoms with Crippen molar-refractivity contribution >= 4 is 5.69 Å². The summed E-state index contributed by atoms with van der Waals surface area (Å²) < 4.78 is 13.0. The van der Waals surface area contributed by atoms with E-state index in [2.05, 4.69) is 5.32 Å². The standard InChI is InChI=1S/C12H16FNO/c1-12(8-15,9-5-6-9)14-11-4-2-3-10(13)7-11/h2-4,7,9,14-15H,5-6,8H2,1H3. The fourth-order valence-corrected chi connectivity index (χ4v) is 1.89. The smallest absolute Gasteiger partial charge is 0.125 e. The largest absolute Gasteiger partial charge is 0.394 e. The Kier molecular flexibility index (Phi) is 2.65. The van der Waals surface area contributed by atoms with Crippen LogP contribution in [0.4, 0.5) is 10.1 Å². The van der Waals surface area contributed by atoms with E-state index in [1.54, 1.807) is 6.07 Å². The van der Waals surface area contributed by atoms with E-state index in [1.807, 2.05) is 13.0 Å². The highest BCUT2D eigenvalue weighted by atomic mass is 19.1. The molecule has 0 radical (unpaired) electrons. The Morgan fingerprint density at radius 3 is 2.80 bits per heavy atom. The van der Waals surface area contributed by atoms with Gasteiger partial charge in [0.15, 0.2) is 0 Å². The van der Waals surface area contributed by atoms with E-state index in [-0.39, 0.29) is 18.0 Å². The highest BCUT2D eigenvalue weighted by molar-refractivity contribution is 5.46. The molecule has 1 aromatic carbocycles. The lowest BCUT2D eigenvalue weighted by Gasteiger charge is -2.30. The van der Waals surface area contributed by atoms with Gasteiger partial charge >= 0.3 is 0 Å². The zero-order chi connectivity index (χ0) is 10.9. The van der Waals surface area contributed by atoms with Gasteiger partial charge < -0.3 is 10.4 Å². The van der Waals surface area contributed by atoms with Crippen LogP contribution >= 0.6 is 0 Å². The summed E-state index contributed by atoms with van der Waals surface area (Å²) in [6.07, 6.45) is 2.28. The van der Waals surface area contributed by atoms with Crippen LogP contribution in [0.15, 0.2) is 24.3 Å². The Morgan fingerprint density at radius 1 is 1.53 bits per heavy atom. The predicted octanol–water partition coefficient (Wildman–Crippen LogP) is 2.40. The predicted molar refractivity (Wildman–Crippen MR) is 58.2 cm³/mol. The highest BCUT2D eigenvalue weighted by Crippen LogP contribution is 2.41. The normalized spacial score (nSPS) is 19.7. The molecule has 1 saturated carbocycles. The van der Waals surface area contributed by atoms with E-state index < -0.39 is 0 Å². The summed E-state index contributed by atoms with van der Waals surface area (Å²) in [5.74, 6) is 0.252. The molecule has 0 aliphatic heterocycles. The van der Waals surface area contributed by atoms with Gasteiger partial charge in [-0.2, -0.15) is 0 Å². The Morgan fingerprint density at radius 2 is 2.27 bits per heavy atom. The molecule has 2 nitrogen and oxygen atoms in total. The lowest BCUT2D eigenvalue weighted by Crippen LogP contribution is -2.41. The minimum atomic E-state index is -0.312. The van der Waals surface area contributed by atoms with Crippen LogP contribution in [0.3, 0.4) is 0 Å². The molecule has 0 amide bonds. The molecule has 0 heterocycles. The van der Waals surface area contributed by atoms with Crippen molar-refractivity contribution in [3.8, 4) is 0 Å². The molecular formula is C12H16FNO. The molecule has 82 valence electrons. The first-order chi connectivity index (χ1) is 7.14. The Hall–Kier alpha value is -1.09. The van der Waals surface area contributed by atoms with Crippen LogP contribution in [0.25, 0.3) is 0 Å². The number of anilines is 1. The summed E-state index contributed by atoms with van der Waals surface area (Å²) in [5.41, 5.74) is 0.423. The molecule has 15 heavy (non-hydrogen) atoms. The molecule has 1 aliphatic carbocycles. The average Bonchev–Trinajstić information content (AvgIpc) is 3.01. The summed E-state index contributed by atoms with van der Waals surface area (Å²) in [4.78, 5) is 0. The molecule has 2 N–H and O–H groups in total. The van der Waals surface area contributed by atoms with Gasteiger partial charge in [-0.1, -0.05) is 6.07 Å². The topological polar surface area (TPSA) is 32.3 Å². The van der Waals surface area contributed by atoms with Crippen LogP contribution in [0.1, 0.15) is 19.8 Å². The first-order valence-corrected chi connectivity index (χ1v) is 5.29.